The van der Waals surface area contributed by atoms with Crippen LogP contribution in [0, 0.1) is 0 Å². The van der Waals surface area contributed by atoms with Crippen molar-refractivity contribution in [3.05, 3.63) is 58.4 Å². The van der Waals surface area contributed by atoms with Crippen LogP contribution in [0.4, 0.5) is 0 Å². The Bertz CT molecular complexity index is 1100. The molecule has 0 fully saturated rings. The van der Waals surface area contributed by atoms with Gasteiger partial charge in [-0.25, -0.2) is 23.4 Å². The molecule has 0 saturated heterocycles. The van der Waals surface area contributed by atoms with E-state index in [-0.39, 0.29) is 28.0 Å². The van der Waals surface area contributed by atoms with Crippen LogP contribution in [0.2, 0.25) is 10.0 Å². The largest absolute Gasteiger partial charge is 0.345 e. The fourth-order valence-electron chi connectivity index (χ4n) is 2.14. The van der Waals surface area contributed by atoms with Gasteiger partial charge in [0.15, 0.2) is 15.7 Å². The van der Waals surface area contributed by atoms with Gasteiger partial charge in [-0.05, 0) is 18.2 Å². The maximum atomic E-state index is 12.4. The molecule has 9 nitrogen and oxygen atoms in total. The summed E-state index contributed by atoms with van der Waals surface area (Å²) >= 11 is 11.7. The molecule has 3 rings (SSSR count). The smallest absolute Gasteiger partial charge is 0.252 e. The second-order valence-electron chi connectivity index (χ2n) is 5.42. The number of nitrogens with zero attached hydrogens (tertiary/aromatic N) is 5. The lowest BCUT2D eigenvalue weighted by Crippen LogP contribution is -2.25. The minimum atomic E-state index is -3.50. The average molecular weight is 427 g/mol. The van der Waals surface area contributed by atoms with Crippen LogP contribution in [-0.4, -0.2) is 45.3 Å². The topological polar surface area (TPSA) is 120 Å². The molecule has 3 aromatic rings. The third-order valence-electron chi connectivity index (χ3n) is 3.38. The molecule has 0 atom stereocenters. The van der Waals surface area contributed by atoms with E-state index >= 15 is 0 Å². The van der Waals surface area contributed by atoms with Crippen molar-refractivity contribution in [2.24, 2.45) is 0 Å². The summed E-state index contributed by atoms with van der Waals surface area (Å²) in [6.45, 7) is 0.00550. The fraction of sp³-hybridized carbons (Fsp3) is 0.133. The van der Waals surface area contributed by atoms with Crippen molar-refractivity contribution >= 4 is 38.9 Å². The van der Waals surface area contributed by atoms with Gasteiger partial charge in [0.25, 0.3) is 11.9 Å². The van der Waals surface area contributed by atoms with Crippen molar-refractivity contribution in [2.45, 2.75) is 11.4 Å². The Balaban J connectivity index is 1.79. The highest BCUT2D eigenvalue weighted by atomic mass is 35.5. The van der Waals surface area contributed by atoms with E-state index in [1.54, 1.807) is 0 Å². The molecular weight excluding hydrogens is 415 g/mol. The zero-order valence-corrected chi connectivity index (χ0v) is 16.1. The monoisotopic (exact) mass is 426 g/mol. The van der Waals surface area contributed by atoms with Crippen molar-refractivity contribution < 1.29 is 13.2 Å². The van der Waals surface area contributed by atoms with E-state index in [0.717, 1.165) is 6.26 Å². The lowest BCUT2D eigenvalue weighted by Gasteiger charge is -2.08. The van der Waals surface area contributed by atoms with Gasteiger partial charge in [0, 0.05) is 16.8 Å². The molecule has 12 heteroatoms. The second kappa shape index (κ2) is 7.59. The Morgan fingerprint density at radius 2 is 1.81 bits per heavy atom. The Morgan fingerprint density at radius 3 is 2.48 bits per heavy atom. The highest BCUT2D eigenvalue weighted by Crippen LogP contribution is 2.19. The lowest BCUT2D eigenvalue weighted by atomic mass is 10.2. The van der Waals surface area contributed by atoms with Gasteiger partial charge in [-0.1, -0.05) is 23.2 Å². The summed E-state index contributed by atoms with van der Waals surface area (Å²) in [6, 6.07) is 3.91. The van der Waals surface area contributed by atoms with Gasteiger partial charge in [-0.15, -0.1) is 0 Å². The van der Waals surface area contributed by atoms with E-state index in [1.165, 1.54) is 41.6 Å². The molecule has 1 aromatic carbocycles. The molecule has 0 aliphatic heterocycles. The van der Waals surface area contributed by atoms with Crippen LogP contribution >= 0.6 is 23.2 Å². The molecule has 1 amide bonds. The second-order valence-corrected chi connectivity index (χ2v) is 8.31. The standard InChI is InChI=1S/C15H12Cl2N6O3S/c1-27(25,26)12-3-9(2-10(16)4-12)14(24)18-7-13-21-8-22-23(13)15-19-5-11(17)6-20-15/h2-6,8H,7H2,1H3,(H,18,24). The molecular formula is C15H12Cl2N6O3S. The number of benzene rings is 1. The first-order valence-corrected chi connectivity index (χ1v) is 10.0. The molecule has 0 saturated carbocycles. The van der Waals surface area contributed by atoms with Gasteiger partial charge in [-0.3, -0.25) is 4.79 Å². The van der Waals surface area contributed by atoms with Crippen LogP contribution in [0.1, 0.15) is 16.2 Å². The molecule has 0 spiro atoms. The van der Waals surface area contributed by atoms with Gasteiger partial charge in [0.2, 0.25) is 0 Å². The van der Waals surface area contributed by atoms with E-state index < -0.39 is 15.7 Å². The minimum absolute atomic E-state index is 0.00550. The fourth-order valence-corrected chi connectivity index (χ4v) is 3.22. The SMILES string of the molecule is CS(=O)(=O)c1cc(Cl)cc(C(=O)NCc2ncnn2-c2ncc(Cl)cn2)c1. The number of sulfone groups is 1. The zero-order valence-electron chi connectivity index (χ0n) is 13.8. The maximum absolute atomic E-state index is 12.4. The normalized spacial score (nSPS) is 11.4. The molecule has 0 bridgehead atoms. The van der Waals surface area contributed by atoms with Crippen LogP contribution in [-0.2, 0) is 16.4 Å². The van der Waals surface area contributed by atoms with Gasteiger partial charge < -0.3 is 5.32 Å². The van der Waals surface area contributed by atoms with Crippen molar-refractivity contribution in [3.8, 4) is 5.95 Å². The quantitative estimate of drug-likeness (QED) is 0.658. The van der Waals surface area contributed by atoms with E-state index in [2.05, 4.69) is 25.4 Å². The number of hydrogen-bond donors (Lipinski definition) is 1. The van der Waals surface area contributed by atoms with E-state index in [0.29, 0.717) is 10.8 Å². The zero-order chi connectivity index (χ0) is 19.6. The summed E-state index contributed by atoms with van der Waals surface area (Å²) in [5.74, 6) is 0.0910. The summed E-state index contributed by atoms with van der Waals surface area (Å²) < 4.78 is 24.7. The summed E-state index contributed by atoms with van der Waals surface area (Å²) in [5.41, 5.74) is 0.108. The molecule has 0 aliphatic carbocycles. The number of hydrogen-bond acceptors (Lipinski definition) is 7. The van der Waals surface area contributed by atoms with Crippen LogP contribution in [0.15, 0.2) is 41.8 Å². The number of nitrogens with one attached hydrogen (secondary N) is 1. The molecule has 0 aliphatic rings. The molecule has 0 unspecified atom stereocenters. The third-order valence-corrected chi connectivity index (χ3v) is 4.89. The van der Waals surface area contributed by atoms with Gasteiger partial charge in [0.1, 0.15) is 6.33 Å². The third kappa shape index (κ3) is 4.59. The van der Waals surface area contributed by atoms with Crippen molar-refractivity contribution in [1.29, 1.82) is 0 Å². The van der Waals surface area contributed by atoms with Crippen LogP contribution in [0.25, 0.3) is 5.95 Å². The van der Waals surface area contributed by atoms with Crippen molar-refractivity contribution in [2.75, 3.05) is 6.26 Å². The first-order valence-electron chi connectivity index (χ1n) is 7.40. The number of halogens is 2. The molecule has 27 heavy (non-hydrogen) atoms. The summed E-state index contributed by atoms with van der Waals surface area (Å²) in [4.78, 5) is 24.5. The van der Waals surface area contributed by atoms with E-state index in [4.69, 9.17) is 23.2 Å². The summed E-state index contributed by atoms with van der Waals surface area (Å²) in [5, 5.41) is 7.16. The average Bonchev–Trinajstić information content (AvgIpc) is 3.07. The maximum Gasteiger partial charge on any atom is 0.252 e. The Hall–Kier alpha value is -2.56. The Morgan fingerprint density at radius 1 is 1.11 bits per heavy atom. The van der Waals surface area contributed by atoms with Gasteiger partial charge in [-0.2, -0.15) is 9.78 Å². The number of rotatable bonds is 5. The molecule has 140 valence electrons. The molecule has 2 aromatic heterocycles. The molecule has 0 radical (unpaired) electrons. The van der Waals surface area contributed by atoms with Crippen LogP contribution in [0.5, 0.6) is 0 Å². The predicted molar refractivity (Wildman–Crippen MR) is 97.7 cm³/mol. The first-order chi connectivity index (χ1) is 12.7. The predicted octanol–water partition coefficient (Wildman–Crippen LogP) is 1.70. The highest BCUT2D eigenvalue weighted by molar-refractivity contribution is 7.90. The summed E-state index contributed by atoms with van der Waals surface area (Å²) in [6.07, 6.45) is 5.15. The number of carbonyl (C=O) groups excluding carboxylic acids is 1. The Kier molecular flexibility index (Phi) is 5.40. The van der Waals surface area contributed by atoms with E-state index in [9.17, 15) is 13.2 Å². The van der Waals surface area contributed by atoms with Crippen molar-refractivity contribution in [1.82, 2.24) is 30.0 Å². The minimum Gasteiger partial charge on any atom is -0.345 e. The molecule has 2 heterocycles. The van der Waals surface area contributed by atoms with Gasteiger partial charge in [0.05, 0.1) is 28.9 Å². The van der Waals surface area contributed by atoms with E-state index in [1.807, 2.05) is 0 Å². The molecule has 1 N–H and O–H groups in total. The number of carbonyl (C=O) groups is 1. The first kappa shape index (κ1) is 19.2. The number of aromatic nitrogens is 5. The highest BCUT2D eigenvalue weighted by Gasteiger charge is 2.15. The van der Waals surface area contributed by atoms with Gasteiger partial charge >= 0.3 is 0 Å². The lowest BCUT2D eigenvalue weighted by molar-refractivity contribution is 0.0949. The summed E-state index contributed by atoms with van der Waals surface area (Å²) in [7, 11) is -3.50. The Labute approximate surface area is 164 Å². The number of amides is 1. The van der Waals surface area contributed by atoms with Crippen LogP contribution in [0.3, 0.4) is 0 Å². The van der Waals surface area contributed by atoms with Crippen molar-refractivity contribution in [3.63, 3.8) is 0 Å². The van der Waals surface area contributed by atoms with Crippen LogP contribution < -0.4 is 5.32 Å².